The van der Waals surface area contributed by atoms with Gasteiger partial charge < -0.3 is 69.7 Å². The molecule has 5 unspecified atom stereocenters. The van der Waals surface area contributed by atoms with Crippen molar-refractivity contribution >= 4 is 46.3 Å². The van der Waals surface area contributed by atoms with Gasteiger partial charge in [-0.15, -0.1) is 0 Å². The van der Waals surface area contributed by atoms with E-state index in [0.717, 1.165) is 22.0 Å². The fourth-order valence-corrected chi connectivity index (χ4v) is 15.3. The standard InChI is InChI=1S/C60H84N6O15/c1-8-38(33-67)81-48(70)34-80-47(69)19-13-18-46(68)62-36(4)50(71)79-27-15-23-61-54(73)60(76)52-58(22-26-66-24-14-21-57(10-3,51(58)66)53(60)72)41-28-42(45(77-6)29-44(41)64(52)5)59(55(74)78-7)31-37-30-56(75,9-2)35-65(32-37)25-20-40-39-16-11-12-17-43(39)63-49(40)59/h11-12,14,16-17,21,28-29,36-38,48,51-53,63,67,70,72,75-76H,8-10,13,15,18-20,22-27,30-35H2,1-7H3,(H,61,73)(H,62,68)/t36?,37-,38?,48?,51?,52?,53-,56+,57-,58-,59+,60+/m1/s1. The normalized spacial score (nSPS) is 31.2. The number of nitrogens with zero attached hydrogens (tertiary/aromatic N) is 3. The summed E-state index contributed by atoms with van der Waals surface area (Å²) >= 11 is 0. The Morgan fingerprint density at radius 3 is 2.44 bits per heavy atom. The highest BCUT2D eigenvalue weighted by Gasteiger charge is 2.78. The molecule has 1 aromatic heterocycles. The summed E-state index contributed by atoms with van der Waals surface area (Å²) in [5, 5.41) is 64.2. The van der Waals surface area contributed by atoms with Gasteiger partial charge in [0.2, 0.25) is 5.91 Å². The van der Waals surface area contributed by atoms with Gasteiger partial charge in [0.15, 0.2) is 11.9 Å². The zero-order valence-corrected chi connectivity index (χ0v) is 48.0. The SMILES string of the molecule is CCC(CO)OC(O)COC(=O)CCCC(=O)NC(C)C(=O)OCCCNC(=O)[C@]1(O)C2N(C)c3cc(OC)c([C@@]4(C(=O)OC)C[C@@H]5C[N@](CCc6c4[nH]c4ccccc64)C[C@](O)(CC)C5)cc3[C@@]23CCN2CC=C[C@](CC)(C23)[C@H]1O. The van der Waals surface area contributed by atoms with Crippen LogP contribution in [0.1, 0.15) is 114 Å². The average Bonchev–Trinajstić information content (AvgIpc) is 2.09. The molecular weight excluding hydrogens is 1040 g/mol. The maximum Gasteiger partial charge on any atom is 0.328 e. The maximum absolute atomic E-state index is 15.5. The highest BCUT2D eigenvalue weighted by Crippen LogP contribution is 2.67. The van der Waals surface area contributed by atoms with Crippen LogP contribution in [0, 0.1) is 11.3 Å². The molecule has 9 rings (SSSR count). The Bertz CT molecular complexity index is 2860. The van der Waals surface area contributed by atoms with E-state index >= 15 is 9.59 Å². The summed E-state index contributed by atoms with van der Waals surface area (Å²) in [6.45, 7) is 9.34. The largest absolute Gasteiger partial charge is 0.496 e. The van der Waals surface area contributed by atoms with E-state index in [1.807, 2.05) is 62.2 Å². The van der Waals surface area contributed by atoms with Gasteiger partial charge in [0, 0.05) is 103 Å². The maximum atomic E-state index is 15.5. The molecular formula is C60H84N6O15. The predicted molar refractivity (Wildman–Crippen MR) is 298 cm³/mol. The highest BCUT2D eigenvalue weighted by molar-refractivity contribution is 5.95. The van der Waals surface area contributed by atoms with Gasteiger partial charge in [-0.2, -0.15) is 0 Å². The number of para-hydroxylation sites is 1. The summed E-state index contributed by atoms with van der Waals surface area (Å²) in [4.78, 5) is 78.8. The van der Waals surface area contributed by atoms with E-state index in [0.29, 0.717) is 93.9 Å². The lowest BCUT2D eigenvalue weighted by molar-refractivity contribution is -0.203. The van der Waals surface area contributed by atoms with Crippen molar-refractivity contribution in [2.75, 3.05) is 85.3 Å². The number of aromatic amines is 1. The van der Waals surface area contributed by atoms with Gasteiger partial charge in [0.25, 0.3) is 5.91 Å². The monoisotopic (exact) mass is 1130 g/mol. The third-order valence-corrected chi connectivity index (χ3v) is 19.0. The van der Waals surface area contributed by atoms with Crippen LogP contribution in [-0.2, 0) is 60.2 Å². The molecule has 2 amide bonds. The van der Waals surface area contributed by atoms with Crippen molar-refractivity contribution in [3.63, 3.8) is 0 Å². The number of nitrogens with one attached hydrogen (secondary N) is 3. The van der Waals surface area contributed by atoms with Crippen molar-refractivity contribution in [2.45, 2.75) is 157 Å². The van der Waals surface area contributed by atoms with E-state index in [4.69, 9.17) is 23.7 Å². The summed E-state index contributed by atoms with van der Waals surface area (Å²) in [6.07, 6.45) is 3.67. The molecule has 1 aliphatic carbocycles. The third-order valence-electron chi connectivity index (χ3n) is 19.0. The van der Waals surface area contributed by atoms with E-state index in [1.165, 1.54) is 14.0 Å². The fourth-order valence-electron chi connectivity index (χ4n) is 15.3. The molecule has 1 saturated carbocycles. The average molecular weight is 1130 g/mol. The number of aliphatic hydroxyl groups excluding tert-OH is 3. The Morgan fingerprint density at radius 2 is 1.73 bits per heavy atom. The van der Waals surface area contributed by atoms with Crippen molar-refractivity contribution in [3.05, 3.63) is 70.9 Å². The number of fused-ring (bicyclic) bond motifs is 6. The minimum atomic E-state index is -2.43. The number of ether oxygens (including phenoxy) is 5. The lowest BCUT2D eigenvalue weighted by Crippen LogP contribution is -2.81. The van der Waals surface area contributed by atoms with Gasteiger partial charge in [0.05, 0.1) is 45.2 Å². The Balaban J connectivity index is 0.971. The van der Waals surface area contributed by atoms with E-state index < -0.39 is 100 Å². The number of methoxy groups -OCH3 is 2. The summed E-state index contributed by atoms with van der Waals surface area (Å²) in [5.41, 5.74) is -2.37. The molecule has 2 saturated heterocycles. The molecule has 8 N–H and O–H groups in total. The number of piperidine rings is 1. The molecule has 21 nitrogen and oxygen atoms in total. The molecule has 81 heavy (non-hydrogen) atoms. The number of aliphatic hydroxyl groups is 5. The van der Waals surface area contributed by atoms with Gasteiger partial charge >= 0.3 is 17.9 Å². The summed E-state index contributed by atoms with van der Waals surface area (Å²) in [7, 11) is 4.81. The molecule has 6 aliphatic rings. The topological polar surface area (TPSA) is 282 Å². The molecule has 13 atom stereocenters. The number of esters is 3. The van der Waals surface area contributed by atoms with Gasteiger partial charge in [0.1, 0.15) is 29.9 Å². The van der Waals surface area contributed by atoms with Gasteiger partial charge in [-0.05, 0) is 100 Å². The van der Waals surface area contributed by atoms with Crippen LogP contribution in [0.25, 0.3) is 10.9 Å². The fraction of sp³-hybridized carbons (Fsp3) is 0.650. The first-order valence-corrected chi connectivity index (χ1v) is 29.0. The van der Waals surface area contributed by atoms with Crippen LogP contribution < -0.4 is 20.3 Å². The number of rotatable bonds is 22. The lowest BCUT2D eigenvalue weighted by Gasteiger charge is -2.63. The summed E-state index contributed by atoms with van der Waals surface area (Å²) in [6, 6.07) is 9.59. The van der Waals surface area contributed by atoms with Crippen LogP contribution in [-0.4, -0.2) is 198 Å². The predicted octanol–water partition coefficient (Wildman–Crippen LogP) is 2.62. The number of hydrogen-bond donors (Lipinski definition) is 8. The minimum absolute atomic E-state index is 0.0408. The Morgan fingerprint density at radius 1 is 0.951 bits per heavy atom. The number of likely N-dealkylation sites (N-methyl/N-ethyl adjacent to an activating group) is 1. The van der Waals surface area contributed by atoms with Crippen molar-refractivity contribution in [1.29, 1.82) is 0 Å². The number of anilines is 1. The van der Waals surface area contributed by atoms with Crippen LogP contribution in [0.3, 0.4) is 0 Å². The minimum Gasteiger partial charge on any atom is -0.496 e. The Kier molecular flexibility index (Phi) is 17.7. The number of H-pyrrole nitrogens is 1. The van der Waals surface area contributed by atoms with Gasteiger partial charge in [-0.25, -0.2) is 4.79 Å². The number of aromatic nitrogens is 1. The van der Waals surface area contributed by atoms with Gasteiger partial charge in [-0.3, -0.25) is 29.0 Å². The highest BCUT2D eigenvalue weighted by atomic mass is 16.6. The lowest BCUT2D eigenvalue weighted by atomic mass is 9.47. The van der Waals surface area contributed by atoms with Crippen molar-refractivity contribution in [2.24, 2.45) is 11.3 Å². The number of benzene rings is 2. The first kappa shape index (κ1) is 60.0. The molecule has 444 valence electrons. The van der Waals surface area contributed by atoms with Crippen LogP contribution in [0.15, 0.2) is 48.6 Å². The molecule has 21 heteroatoms. The first-order valence-electron chi connectivity index (χ1n) is 29.0. The Hall–Kier alpha value is -5.65. The van der Waals surface area contributed by atoms with Crippen LogP contribution in [0.4, 0.5) is 5.69 Å². The summed E-state index contributed by atoms with van der Waals surface area (Å²) in [5.74, 6) is -2.90. The zero-order chi connectivity index (χ0) is 58.2. The molecule has 1 spiro atoms. The molecule has 3 fully saturated rings. The second-order valence-electron chi connectivity index (χ2n) is 23.5. The molecule has 2 aromatic carbocycles. The molecule has 3 aromatic rings. The molecule has 2 bridgehead atoms. The van der Waals surface area contributed by atoms with E-state index in [1.54, 1.807) is 14.0 Å². The van der Waals surface area contributed by atoms with E-state index in [9.17, 15) is 39.9 Å². The number of hydrogen-bond acceptors (Lipinski definition) is 18. The third kappa shape index (κ3) is 10.4. The summed E-state index contributed by atoms with van der Waals surface area (Å²) < 4.78 is 28.1. The molecule has 0 radical (unpaired) electrons. The number of carbonyl (C=O) groups is 5. The van der Waals surface area contributed by atoms with Crippen molar-refractivity contribution in [3.8, 4) is 5.75 Å². The van der Waals surface area contributed by atoms with Crippen molar-refractivity contribution in [1.82, 2.24) is 25.4 Å². The van der Waals surface area contributed by atoms with Crippen LogP contribution in [0.2, 0.25) is 0 Å². The van der Waals surface area contributed by atoms with E-state index in [2.05, 4.69) is 37.6 Å². The quantitative estimate of drug-likeness (QED) is 0.0236. The number of amides is 2. The van der Waals surface area contributed by atoms with Crippen LogP contribution in [0.5, 0.6) is 5.75 Å². The Labute approximate surface area is 473 Å². The first-order chi connectivity index (χ1) is 38.7. The molecule has 6 heterocycles. The molecule has 5 aliphatic heterocycles. The second-order valence-corrected chi connectivity index (χ2v) is 23.5. The van der Waals surface area contributed by atoms with Gasteiger partial charge in [-0.1, -0.05) is 51.1 Å². The van der Waals surface area contributed by atoms with Crippen molar-refractivity contribution < 1.29 is 73.2 Å². The van der Waals surface area contributed by atoms with Crippen LogP contribution >= 0.6 is 0 Å². The number of carbonyl (C=O) groups excluding carboxylic acids is 5. The smallest absolute Gasteiger partial charge is 0.328 e. The zero-order valence-electron chi connectivity index (χ0n) is 48.0. The van der Waals surface area contributed by atoms with E-state index in [-0.39, 0.29) is 57.8 Å². The second kappa shape index (κ2) is 23.9.